The Morgan fingerprint density at radius 3 is 0.550 bits per heavy atom. The van der Waals surface area contributed by atoms with Crippen LogP contribution in [-0.4, -0.2) is 43.6 Å². The third kappa shape index (κ3) is 21.3. The summed E-state index contributed by atoms with van der Waals surface area (Å²) in [6.07, 6.45) is 3.67. The van der Waals surface area contributed by atoms with Crippen LogP contribution in [0.25, 0.3) is 0 Å². The number of ketones is 3. The summed E-state index contributed by atoms with van der Waals surface area (Å²) >= 11 is 0. The first kappa shape index (κ1) is 45.5. The first-order chi connectivity index (χ1) is 16.6. The Morgan fingerprint density at radius 1 is 0.350 bits per heavy atom. The molecule has 0 atom stereocenters. The second kappa shape index (κ2) is 16.2. The molecule has 6 nitrogen and oxygen atoms in total. The summed E-state index contributed by atoms with van der Waals surface area (Å²) < 4.78 is 0. The van der Waals surface area contributed by atoms with E-state index in [0.29, 0.717) is 0 Å². The predicted octanol–water partition coefficient (Wildman–Crippen LogP) is 5.29. The van der Waals surface area contributed by atoms with Gasteiger partial charge in [-0.1, -0.05) is 125 Å². The van der Waals surface area contributed by atoms with Crippen molar-refractivity contribution in [2.75, 3.05) is 0 Å². The molecule has 7 heteroatoms. The Labute approximate surface area is 264 Å². The molecule has 0 saturated carbocycles. The van der Waals surface area contributed by atoms with Crippen molar-refractivity contribution in [1.82, 2.24) is 0 Å². The van der Waals surface area contributed by atoms with E-state index in [2.05, 4.69) is 0 Å². The average molecular weight is 759 g/mol. The van der Waals surface area contributed by atoms with Crippen molar-refractivity contribution in [2.24, 2.45) is 32.5 Å². The van der Waals surface area contributed by atoms with Crippen molar-refractivity contribution < 1.29 is 29.7 Å². The third-order valence-corrected chi connectivity index (χ3v) is 5.22. The maximum Gasteiger partial charge on any atom is 3.00 e. The van der Waals surface area contributed by atoms with Crippen LogP contribution in [0.1, 0.15) is 125 Å². The van der Waals surface area contributed by atoms with E-state index < -0.39 is 32.5 Å². The van der Waals surface area contributed by atoms with Crippen LogP contribution in [0.5, 0.6) is 0 Å². The second-order valence-corrected chi connectivity index (χ2v) is 16.1. The van der Waals surface area contributed by atoms with Crippen molar-refractivity contribution in [2.45, 2.75) is 125 Å². The molecule has 40 heavy (non-hydrogen) atoms. The van der Waals surface area contributed by atoms with Crippen molar-refractivity contribution in [1.29, 1.82) is 0 Å². The monoisotopic (exact) mass is 758 g/mol. The summed E-state index contributed by atoms with van der Waals surface area (Å²) in [6.45, 7) is 32.5. The smallest absolute Gasteiger partial charge is 0.875 e. The summed E-state index contributed by atoms with van der Waals surface area (Å²) in [6, 6.07) is 0. The number of carbonyl (C=O) groups excluding carboxylic acids is 3. The zero-order valence-corrected chi connectivity index (χ0v) is 32.1. The van der Waals surface area contributed by atoms with Crippen LogP contribution < -0.4 is 15.3 Å². The first-order valence-electron chi connectivity index (χ1n) is 13.5. The van der Waals surface area contributed by atoms with Gasteiger partial charge in [0.1, 0.15) is 0 Å². The summed E-state index contributed by atoms with van der Waals surface area (Å²) in [4.78, 5) is 34.3. The molecule has 0 rings (SSSR count). The third-order valence-electron chi connectivity index (χ3n) is 5.22. The van der Waals surface area contributed by atoms with E-state index in [9.17, 15) is 29.7 Å². The fraction of sp³-hybridized carbons (Fsp3) is 0.727. The van der Waals surface area contributed by atoms with Crippen LogP contribution in [0, 0.1) is 32.5 Å². The summed E-state index contributed by atoms with van der Waals surface area (Å²) in [5, 5.41) is 34.3. The topological polar surface area (TPSA) is 120 Å². The molecule has 0 aliphatic rings. The van der Waals surface area contributed by atoms with Gasteiger partial charge in [-0.05, 0) is 34.5 Å². The van der Waals surface area contributed by atoms with E-state index in [0.717, 1.165) is 0 Å². The molecular weight excluding hydrogens is 701 g/mol. The summed E-state index contributed by atoms with van der Waals surface area (Å²) in [5.41, 5.74) is -2.74. The number of hydrogen-bond donors (Lipinski definition) is 0. The molecule has 0 aromatic heterocycles. The zero-order valence-electron chi connectivity index (χ0n) is 28.6. The Morgan fingerprint density at radius 2 is 0.475 bits per heavy atom. The zero-order chi connectivity index (χ0) is 32.6. The largest absolute Gasteiger partial charge is 3.00 e. The molecule has 0 fully saturated rings. The Bertz CT molecular complexity index is 801. The second-order valence-electron chi connectivity index (χ2n) is 16.1. The maximum atomic E-state index is 11.4. The van der Waals surface area contributed by atoms with Crippen LogP contribution in [0.2, 0.25) is 0 Å². The van der Waals surface area contributed by atoms with Crippen LogP contribution in [0.4, 0.5) is 0 Å². The molecule has 0 aliphatic carbocycles. The summed E-state index contributed by atoms with van der Waals surface area (Å²) in [7, 11) is 0. The van der Waals surface area contributed by atoms with Crippen LogP contribution >= 0.6 is 0 Å². The number of hydrogen-bond acceptors (Lipinski definition) is 6. The van der Waals surface area contributed by atoms with Gasteiger partial charge in [-0.15, -0.1) is 17.3 Å². The number of carbonyl (C=O) groups is 3. The van der Waals surface area contributed by atoms with Crippen LogP contribution in [0.15, 0.2) is 35.5 Å². The molecule has 0 N–H and O–H groups in total. The maximum absolute atomic E-state index is 11.4. The van der Waals surface area contributed by atoms with Crippen LogP contribution in [-0.2, 0) is 14.4 Å². The predicted molar refractivity (Wildman–Crippen MR) is 162 cm³/mol. The van der Waals surface area contributed by atoms with Crippen molar-refractivity contribution in [3.05, 3.63) is 35.5 Å². The number of rotatable bonds is 3. The Hall–Kier alpha value is -1.49. The van der Waals surface area contributed by atoms with E-state index >= 15 is 0 Å². The van der Waals surface area contributed by atoms with Gasteiger partial charge >= 0.3 is 26.2 Å². The summed E-state index contributed by atoms with van der Waals surface area (Å²) in [5.74, 6) is -0.625. The SMILES string of the molecule is CC(C)(C)C(=O)C=C([O-])C(C)(C)C.CC(C)(C)C(=O)C=C([O-])C(C)(C)C.CC(C)(C)C(=O)C=C([O-])C(C)(C)C.[Bi+3]. The normalized spacial score (nSPS) is 14.1. The molecular formula is C33H57BiO6. The van der Waals surface area contributed by atoms with Gasteiger partial charge in [-0.2, -0.15) is 0 Å². The van der Waals surface area contributed by atoms with Gasteiger partial charge in [-0.3, -0.25) is 14.4 Å². The first-order valence-corrected chi connectivity index (χ1v) is 13.5. The van der Waals surface area contributed by atoms with Crippen molar-refractivity contribution in [3.8, 4) is 0 Å². The Kier molecular flexibility index (Phi) is 18.5. The van der Waals surface area contributed by atoms with E-state index in [1.165, 1.54) is 18.2 Å². The molecule has 0 amide bonds. The fourth-order valence-corrected chi connectivity index (χ4v) is 1.66. The molecule has 0 aromatic carbocycles. The molecule has 0 bridgehead atoms. The van der Waals surface area contributed by atoms with E-state index in [1.807, 2.05) is 125 Å². The molecule has 0 spiro atoms. The minimum atomic E-state index is -0.457. The molecule has 230 valence electrons. The van der Waals surface area contributed by atoms with Gasteiger partial charge < -0.3 is 15.3 Å². The van der Waals surface area contributed by atoms with Crippen molar-refractivity contribution in [3.63, 3.8) is 0 Å². The van der Waals surface area contributed by atoms with Gasteiger partial charge in [0.25, 0.3) is 0 Å². The van der Waals surface area contributed by atoms with Gasteiger partial charge in [0, 0.05) is 16.2 Å². The fourth-order valence-electron chi connectivity index (χ4n) is 1.66. The van der Waals surface area contributed by atoms with Crippen LogP contribution in [0.3, 0.4) is 0 Å². The number of allylic oxidation sites excluding steroid dienone is 6. The van der Waals surface area contributed by atoms with Gasteiger partial charge in [0.15, 0.2) is 17.3 Å². The van der Waals surface area contributed by atoms with E-state index in [-0.39, 0.29) is 60.8 Å². The molecule has 2 radical (unpaired) electrons. The quantitative estimate of drug-likeness (QED) is 0.219. The standard InChI is InChI=1S/3C11H20O2.Bi/c3*1-10(2,3)8(12)7-9(13)11(4,5)6;/h3*7,12H,1-6H3;/q;;;+3/p-3. The molecule has 0 aliphatic heterocycles. The Balaban J connectivity index is -0.000000240. The van der Waals surface area contributed by atoms with Crippen molar-refractivity contribution >= 4 is 43.6 Å². The van der Waals surface area contributed by atoms with E-state index in [1.54, 1.807) is 0 Å². The molecule has 0 aromatic rings. The molecule has 0 saturated heterocycles. The van der Waals surface area contributed by atoms with Gasteiger partial charge in [-0.25, -0.2) is 0 Å². The average Bonchev–Trinajstić information content (AvgIpc) is 2.64. The van der Waals surface area contributed by atoms with Gasteiger partial charge in [0.2, 0.25) is 0 Å². The molecule has 0 heterocycles. The molecule has 0 unspecified atom stereocenters. The minimum Gasteiger partial charge on any atom is -0.875 e. The minimum absolute atomic E-state index is 0. The van der Waals surface area contributed by atoms with Gasteiger partial charge in [0.05, 0.1) is 0 Å². The van der Waals surface area contributed by atoms with E-state index in [4.69, 9.17) is 0 Å².